The summed E-state index contributed by atoms with van der Waals surface area (Å²) in [4.78, 5) is 18.7. The lowest BCUT2D eigenvalue weighted by Gasteiger charge is -2.38. The van der Waals surface area contributed by atoms with E-state index in [1.54, 1.807) is 11.8 Å². The number of carbonyl (C=O) groups excluding carboxylic acids is 1. The van der Waals surface area contributed by atoms with Gasteiger partial charge in [0, 0.05) is 23.2 Å². The predicted molar refractivity (Wildman–Crippen MR) is 99.8 cm³/mol. The smallest absolute Gasteiger partial charge is 0.229 e. The number of amides is 1. The van der Waals surface area contributed by atoms with Gasteiger partial charge in [0.25, 0.3) is 0 Å². The molecule has 0 radical (unpaired) electrons. The number of thioether (sulfide) groups is 1. The van der Waals surface area contributed by atoms with E-state index in [4.69, 9.17) is 4.74 Å². The number of hydrogen-bond acceptors (Lipinski definition) is 4. The average Bonchev–Trinajstić information content (AvgIpc) is 3.10. The Morgan fingerprint density at radius 1 is 1.33 bits per heavy atom. The maximum absolute atomic E-state index is 13.1. The zero-order chi connectivity index (χ0) is 16.9. The van der Waals surface area contributed by atoms with Gasteiger partial charge in [-0.25, -0.2) is 0 Å². The summed E-state index contributed by atoms with van der Waals surface area (Å²) in [6, 6.07) is 8.68. The molecule has 0 saturated carbocycles. The van der Waals surface area contributed by atoms with Crippen LogP contribution < -0.4 is 4.90 Å². The van der Waals surface area contributed by atoms with Crippen LogP contribution in [0.25, 0.3) is 0 Å². The van der Waals surface area contributed by atoms with Gasteiger partial charge in [-0.05, 0) is 70.3 Å². The zero-order valence-electron chi connectivity index (χ0n) is 14.7. The van der Waals surface area contributed by atoms with Crippen molar-refractivity contribution in [1.29, 1.82) is 0 Å². The maximum atomic E-state index is 13.1. The van der Waals surface area contributed by atoms with Gasteiger partial charge in [-0.1, -0.05) is 6.07 Å². The molecular weight excluding hydrogens is 320 g/mol. The van der Waals surface area contributed by atoms with Crippen LogP contribution in [0.3, 0.4) is 0 Å². The SMILES string of the molecule is CSc1cccc(N(C(=O)C[C@H]2CCCO2)C2CCN(C)CC2)c1. The number of benzene rings is 1. The molecule has 5 heteroatoms. The molecule has 0 spiro atoms. The summed E-state index contributed by atoms with van der Waals surface area (Å²) in [5, 5.41) is 0. The van der Waals surface area contributed by atoms with Crippen LogP contribution in [-0.4, -0.2) is 56.0 Å². The Kier molecular flexibility index (Phi) is 6.19. The molecule has 1 amide bonds. The molecule has 2 aliphatic heterocycles. The molecular formula is C19H28N2O2S. The van der Waals surface area contributed by atoms with Crippen molar-refractivity contribution >= 4 is 23.4 Å². The van der Waals surface area contributed by atoms with Gasteiger partial charge in [-0.15, -0.1) is 11.8 Å². The number of anilines is 1. The Labute approximate surface area is 149 Å². The van der Waals surface area contributed by atoms with E-state index >= 15 is 0 Å². The van der Waals surface area contributed by atoms with Crippen LogP contribution in [0, 0.1) is 0 Å². The highest BCUT2D eigenvalue weighted by atomic mass is 32.2. The van der Waals surface area contributed by atoms with Crippen molar-refractivity contribution in [3.05, 3.63) is 24.3 Å². The Bertz CT molecular complexity index is 552. The molecule has 24 heavy (non-hydrogen) atoms. The summed E-state index contributed by atoms with van der Waals surface area (Å²) < 4.78 is 5.70. The largest absolute Gasteiger partial charge is 0.378 e. The molecule has 1 atom stereocenters. The minimum absolute atomic E-state index is 0.106. The molecule has 0 aliphatic carbocycles. The van der Waals surface area contributed by atoms with E-state index in [0.29, 0.717) is 12.5 Å². The number of nitrogens with zero attached hydrogens (tertiary/aromatic N) is 2. The topological polar surface area (TPSA) is 32.8 Å². The van der Waals surface area contributed by atoms with Gasteiger partial charge in [0.1, 0.15) is 0 Å². The van der Waals surface area contributed by atoms with Gasteiger partial charge >= 0.3 is 0 Å². The minimum atomic E-state index is 0.106. The van der Waals surface area contributed by atoms with E-state index in [1.165, 1.54) is 4.90 Å². The van der Waals surface area contributed by atoms with Crippen LogP contribution in [0.1, 0.15) is 32.1 Å². The van der Waals surface area contributed by atoms with Gasteiger partial charge in [0.05, 0.1) is 12.5 Å². The van der Waals surface area contributed by atoms with E-state index in [2.05, 4.69) is 47.4 Å². The van der Waals surface area contributed by atoms with Crippen molar-refractivity contribution in [3.63, 3.8) is 0 Å². The van der Waals surface area contributed by atoms with Crippen molar-refractivity contribution in [2.45, 2.75) is 49.1 Å². The number of carbonyl (C=O) groups is 1. The highest BCUT2D eigenvalue weighted by Gasteiger charge is 2.30. The predicted octanol–water partition coefficient (Wildman–Crippen LogP) is 3.40. The molecule has 2 fully saturated rings. The summed E-state index contributed by atoms with van der Waals surface area (Å²) in [6.07, 6.45) is 6.86. The molecule has 0 bridgehead atoms. The van der Waals surface area contributed by atoms with Crippen LogP contribution in [0.5, 0.6) is 0 Å². The lowest BCUT2D eigenvalue weighted by Crippen LogP contribution is -2.47. The number of piperidine rings is 1. The molecule has 4 nitrogen and oxygen atoms in total. The second-order valence-corrected chi connectivity index (χ2v) is 7.72. The fourth-order valence-electron chi connectivity index (χ4n) is 3.67. The van der Waals surface area contributed by atoms with Crippen molar-refractivity contribution in [3.8, 4) is 0 Å². The van der Waals surface area contributed by atoms with Gasteiger partial charge in [0.2, 0.25) is 5.91 Å². The van der Waals surface area contributed by atoms with E-state index in [1.807, 2.05) is 0 Å². The highest BCUT2D eigenvalue weighted by molar-refractivity contribution is 7.98. The highest BCUT2D eigenvalue weighted by Crippen LogP contribution is 2.29. The molecule has 2 saturated heterocycles. The fraction of sp³-hybridized carbons (Fsp3) is 0.632. The van der Waals surface area contributed by atoms with E-state index in [-0.39, 0.29) is 12.0 Å². The van der Waals surface area contributed by atoms with E-state index in [9.17, 15) is 4.79 Å². The Balaban J connectivity index is 1.80. The summed E-state index contributed by atoms with van der Waals surface area (Å²) in [5.41, 5.74) is 1.04. The zero-order valence-corrected chi connectivity index (χ0v) is 15.6. The number of likely N-dealkylation sites (tertiary alicyclic amines) is 1. The maximum Gasteiger partial charge on any atom is 0.229 e. The normalized spacial score (nSPS) is 22.7. The summed E-state index contributed by atoms with van der Waals surface area (Å²) in [6.45, 7) is 2.90. The Hall–Kier alpha value is -1.04. The first-order valence-corrected chi connectivity index (χ1v) is 10.2. The third-order valence-electron chi connectivity index (χ3n) is 5.08. The van der Waals surface area contributed by atoms with Crippen molar-refractivity contribution in [2.75, 3.05) is 37.9 Å². The number of rotatable bonds is 5. The van der Waals surface area contributed by atoms with Crippen molar-refractivity contribution in [2.24, 2.45) is 0 Å². The average molecular weight is 349 g/mol. The third-order valence-corrected chi connectivity index (χ3v) is 5.81. The Morgan fingerprint density at radius 2 is 2.12 bits per heavy atom. The molecule has 2 heterocycles. The monoisotopic (exact) mass is 348 g/mol. The van der Waals surface area contributed by atoms with Crippen LogP contribution in [0.4, 0.5) is 5.69 Å². The van der Waals surface area contributed by atoms with Crippen LogP contribution in [0.15, 0.2) is 29.2 Å². The summed E-state index contributed by atoms with van der Waals surface area (Å²) in [7, 11) is 2.16. The van der Waals surface area contributed by atoms with Crippen molar-refractivity contribution in [1.82, 2.24) is 4.90 Å². The molecule has 0 N–H and O–H groups in total. The Morgan fingerprint density at radius 3 is 2.79 bits per heavy atom. The first-order valence-electron chi connectivity index (χ1n) is 8.93. The first-order chi connectivity index (χ1) is 11.7. The molecule has 1 aromatic carbocycles. The quantitative estimate of drug-likeness (QED) is 0.764. The van der Waals surface area contributed by atoms with Crippen LogP contribution >= 0.6 is 11.8 Å². The molecule has 0 aromatic heterocycles. The molecule has 3 rings (SSSR count). The summed E-state index contributed by atoms with van der Waals surface area (Å²) in [5.74, 6) is 0.217. The molecule has 1 aromatic rings. The standard InChI is InChI=1S/C19H28N2O2S/c1-20-10-8-15(9-11-20)21(16-5-3-7-18(13-16)24-2)19(22)14-17-6-4-12-23-17/h3,5,7,13,15,17H,4,6,8-12,14H2,1-2H3/t17-/m1/s1. The van der Waals surface area contributed by atoms with Gasteiger partial charge < -0.3 is 14.5 Å². The summed E-state index contributed by atoms with van der Waals surface area (Å²) >= 11 is 1.72. The molecule has 132 valence electrons. The minimum Gasteiger partial charge on any atom is -0.378 e. The van der Waals surface area contributed by atoms with Gasteiger partial charge in [-0.3, -0.25) is 4.79 Å². The number of ether oxygens (including phenoxy) is 1. The molecule has 2 aliphatic rings. The fourth-order valence-corrected chi connectivity index (χ4v) is 4.12. The van der Waals surface area contributed by atoms with Gasteiger partial charge in [0.15, 0.2) is 0 Å². The van der Waals surface area contributed by atoms with E-state index in [0.717, 1.165) is 51.1 Å². The van der Waals surface area contributed by atoms with Crippen molar-refractivity contribution < 1.29 is 9.53 Å². The lowest BCUT2D eigenvalue weighted by molar-refractivity contribution is -0.121. The van der Waals surface area contributed by atoms with Crippen LogP contribution in [0.2, 0.25) is 0 Å². The van der Waals surface area contributed by atoms with Gasteiger partial charge in [-0.2, -0.15) is 0 Å². The molecule has 0 unspecified atom stereocenters. The third kappa shape index (κ3) is 4.32. The van der Waals surface area contributed by atoms with Crippen LogP contribution in [-0.2, 0) is 9.53 Å². The number of hydrogen-bond donors (Lipinski definition) is 0. The first kappa shape index (κ1) is 17.8. The second kappa shape index (κ2) is 8.37. The van der Waals surface area contributed by atoms with E-state index < -0.39 is 0 Å². The second-order valence-electron chi connectivity index (χ2n) is 6.84. The lowest BCUT2D eigenvalue weighted by atomic mass is 10.0.